The van der Waals surface area contributed by atoms with Crippen LogP contribution < -0.4 is 0 Å². The Morgan fingerprint density at radius 2 is 1.74 bits per heavy atom. The molecule has 0 aromatic carbocycles. The third kappa shape index (κ3) is 3.51. The van der Waals surface area contributed by atoms with Crippen LogP contribution in [0.1, 0.15) is 58.8 Å². The van der Waals surface area contributed by atoms with Crippen molar-refractivity contribution in [1.82, 2.24) is 9.80 Å². The van der Waals surface area contributed by atoms with Crippen LogP contribution in [0.4, 0.5) is 0 Å². The molecule has 5 nitrogen and oxygen atoms in total. The smallest absolute Gasteiger partial charge is 0.296 e. The lowest BCUT2D eigenvalue weighted by molar-refractivity contribution is -0.422. The minimum Gasteiger partial charge on any atom is -0.336 e. The Morgan fingerprint density at radius 1 is 1.09 bits per heavy atom. The van der Waals surface area contributed by atoms with Crippen LogP contribution in [0.25, 0.3) is 0 Å². The second-order valence-electron chi connectivity index (χ2n) is 7.07. The number of piperidine rings is 1. The molecule has 0 unspecified atom stereocenters. The molecular weight excluding hydrogens is 290 g/mol. The molecule has 0 radical (unpaired) electrons. The van der Waals surface area contributed by atoms with Gasteiger partial charge in [0.15, 0.2) is 0 Å². The van der Waals surface area contributed by atoms with Crippen LogP contribution in [0.2, 0.25) is 0 Å². The standard InChI is InChI=1S/C18H27N3O2/c1-14-12-15(2)20(13-18(14)21(22)23)17-8-10-19(11-9-17)16-6-4-3-5-7-16/h13,16-17H,3-11H2,1-2H3. The van der Waals surface area contributed by atoms with Gasteiger partial charge in [0.2, 0.25) is 0 Å². The number of likely N-dealkylation sites (tertiary alicyclic amines) is 1. The fourth-order valence-corrected chi connectivity index (χ4v) is 4.26. The van der Waals surface area contributed by atoms with E-state index >= 15 is 0 Å². The lowest BCUT2D eigenvalue weighted by Crippen LogP contribution is -2.47. The first-order valence-electron chi connectivity index (χ1n) is 8.89. The van der Waals surface area contributed by atoms with Gasteiger partial charge in [-0.1, -0.05) is 25.0 Å². The zero-order chi connectivity index (χ0) is 16.4. The topological polar surface area (TPSA) is 49.6 Å². The number of hydrogen-bond donors (Lipinski definition) is 0. The van der Waals surface area contributed by atoms with Gasteiger partial charge in [-0.15, -0.1) is 0 Å². The van der Waals surface area contributed by atoms with Gasteiger partial charge in [0, 0.05) is 25.2 Å². The minimum absolute atomic E-state index is 0.185. The monoisotopic (exact) mass is 317 g/mol. The van der Waals surface area contributed by atoms with E-state index in [1.807, 2.05) is 6.92 Å². The van der Waals surface area contributed by atoms with Gasteiger partial charge in [-0.25, -0.2) is 0 Å². The van der Waals surface area contributed by atoms with Crippen molar-refractivity contribution in [2.24, 2.45) is 0 Å². The largest absolute Gasteiger partial charge is 0.336 e. The van der Waals surface area contributed by atoms with E-state index in [-0.39, 0.29) is 10.6 Å². The molecule has 0 N–H and O–H groups in total. The summed E-state index contributed by atoms with van der Waals surface area (Å²) in [6.45, 7) is 6.00. The first kappa shape index (κ1) is 16.3. The highest BCUT2D eigenvalue weighted by Gasteiger charge is 2.31. The molecule has 3 aliphatic rings. The van der Waals surface area contributed by atoms with Crippen molar-refractivity contribution >= 4 is 0 Å². The number of hydrogen-bond acceptors (Lipinski definition) is 4. The van der Waals surface area contributed by atoms with E-state index < -0.39 is 0 Å². The van der Waals surface area contributed by atoms with Gasteiger partial charge in [-0.05, 0) is 39.5 Å². The lowest BCUT2D eigenvalue weighted by Gasteiger charge is -2.42. The van der Waals surface area contributed by atoms with Crippen LogP contribution in [0.3, 0.4) is 0 Å². The van der Waals surface area contributed by atoms with Crippen LogP contribution >= 0.6 is 0 Å². The quantitative estimate of drug-likeness (QED) is 0.453. The van der Waals surface area contributed by atoms with Crippen molar-refractivity contribution in [1.29, 1.82) is 0 Å². The molecule has 0 aromatic heterocycles. The highest BCUT2D eigenvalue weighted by atomic mass is 16.6. The number of rotatable bonds is 3. The van der Waals surface area contributed by atoms with Crippen LogP contribution in [-0.2, 0) is 0 Å². The summed E-state index contributed by atoms with van der Waals surface area (Å²) < 4.78 is 0. The molecule has 2 aliphatic heterocycles. The van der Waals surface area contributed by atoms with Crippen LogP contribution in [-0.4, -0.2) is 39.9 Å². The van der Waals surface area contributed by atoms with Crippen LogP contribution in [0.5, 0.6) is 0 Å². The van der Waals surface area contributed by atoms with Gasteiger partial charge in [-0.2, -0.15) is 0 Å². The SMILES string of the molecule is CC1=C=C(C)N(C2CCN(C3CCCCC3)CC2)C=C1[N+](=O)[O-]. The molecule has 0 amide bonds. The fraction of sp³-hybridized carbons (Fsp3) is 0.722. The predicted molar refractivity (Wildman–Crippen MR) is 90.3 cm³/mol. The van der Waals surface area contributed by atoms with Gasteiger partial charge in [-0.3, -0.25) is 10.1 Å². The van der Waals surface area contributed by atoms with Gasteiger partial charge >= 0.3 is 0 Å². The summed E-state index contributed by atoms with van der Waals surface area (Å²) in [7, 11) is 0. The average Bonchev–Trinajstić information content (AvgIpc) is 2.56. The van der Waals surface area contributed by atoms with E-state index in [0.29, 0.717) is 11.6 Å². The van der Waals surface area contributed by atoms with Crippen LogP contribution in [0, 0.1) is 10.1 Å². The fourth-order valence-electron chi connectivity index (χ4n) is 4.26. The van der Waals surface area contributed by atoms with E-state index in [0.717, 1.165) is 37.7 Å². The summed E-state index contributed by atoms with van der Waals surface area (Å²) in [4.78, 5) is 15.6. The molecule has 126 valence electrons. The Kier molecular flexibility index (Phi) is 4.88. The Morgan fingerprint density at radius 3 is 2.35 bits per heavy atom. The number of allylic oxidation sites excluding steroid dienone is 1. The molecule has 0 atom stereocenters. The molecule has 1 saturated carbocycles. The predicted octanol–water partition coefficient (Wildman–Crippen LogP) is 3.67. The molecule has 0 spiro atoms. The van der Waals surface area contributed by atoms with E-state index in [1.165, 1.54) is 32.1 Å². The van der Waals surface area contributed by atoms with Crippen molar-refractivity contribution in [3.05, 3.63) is 39.0 Å². The Bertz CT molecular complexity index is 561. The average molecular weight is 317 g/mol. The zero-order valence-corrected chi connectivity index (χ0v) is 14.3. The Balaban J connectivity index is 1.65. The maximum absolute atomic E-state index is 11.2. The van der Waals surface area contributed by atoms with Gasteiger partial charge in [0.1, 0.15) is 0 Å². The second kappa shape index (κ2) is 6.90. The molecule has 3 rings (SSSR count). The Labute approximate surface area is 138 Å². The maximum Gasteiger partial charge on any atom is 0.296 e. The van der Waals surface area contributed by atoms with Gasteiger partial charge < -0.3 is 9.80 Å². The summed E-state index contributed by atoms with van der Waals surface area (Å²) in [6, 6.07) is 1.14. The summed E-state index contributed by atoms with van der Waals surface area (Å²) in [6.07, 6.45) is 10.7. The molecule has 23 heavy (non-hydrogen) atoms. The summed E-state index contributed by atoms with van der Waals surface area (Å²) in [5.74, 6) is 0. The number of nitrogens with zero attached hydrogens (tertiary/aromatic N) is 3. The first-order chi connectivity index (χ1) is 11.1. The normalized spacial score (nSPS) is 25.0. The first-order valence-corrected chi connectivity index (χ1v) is 8.89. The Hall–Kier alpha value is -1.58. The van der Waals surface area contributed by atoms with Gasteiger partial charge in [0.25, 0.3) is 5.70 Å². The summed E-state index contributed by atoms with van der Waals surface area (Å²) >= 11 is 0. The highest BCUT2D eigenvalue weighted by molar-refractivity contribution is 5.29. The summed E-state index contributed by atoms with van der Waals surface area (Å²) in [5.41, 5.74) is 4.99. The van der Waals surface area contributed by atoms with E-state index in [2.05, 4.69) is 15.5 Å². The minimum atomic E-state index is -0.293. The van der Waals surface area contributed by atoms with E-state index in [4.69, 9.17) is 0 Å². The molecular formula is C18H27N3O2. The third-order valence-corrected chi connectivity index (χ3v) is 5.58. The molecule has 2 fully saturated rings. The van der Waals surface area contributed by atoms with Crippen molar-refractivity contribution in [2.75, 3.05) is 13.1 Å². The molecule has 2 heterocycles. The van der Waals surface area contributed by atoms with Crippen LogP contribution in [0.15, 0.2) is 28.9 Å². The molecule has 0 bridgehead atoms. The molecule has 5 heteroatoms. The third-order valence-electron chi connectivity index (χ3n) is 5.58. The molecule has 1 saturated heterocycles. The molecule has 0 aromatic rings. The maximum atomic E-state index is 11.2. The van der Waals surface area contributed by atoms with E-state index in [9.17, 15) is 10.1 Å². The highest BCUT2D eigenvalue weighted by Crippen LogP contribution is 2.29. The zero-order valence-electron chi connectivity index (χ0n) is 14.3. The van der Waals surface area contributed by atoms with Crippen molar-refractivity contribution in [2.45, 2.75) is 70.9 Å². The summed E-state index contributed by atoms with van der Waals surface area (Å²) in [5, 5.41) is 11.2. The van der Waals surface area contributed by atoms with Crippen molar-refractivity contribution < 1.29 is 4.92 Å². The van der Waals surface area contributed by atoms with Gasteiger partial charge in [0.05, 0.1) is 22.4 Å². The number of nitro groups is 1. The molecule has 1 aliphatic carbocycles. The van der Waals surface area contributed by atoms with E-state index in [1.54, 1.807) is 13.1 Å². The van der Waals surface area contributed by atoms with Crippen molar-refractivity contribution in [3.63, 3.8) is 0 Å². The lowest BCUT2D eigenvalue weighted by atomic mass is 9.91. The second-order valence-corrected chi connectivity index (χ2v) is 7.07. The van der Waals surface area contributed by atoms with Crippen molar-refractivity contribution in [3.8, 4) is 0 Å².